The van der Waals surface area contributed by atoms with Gasteiger partial charge in [-0.1, -0.05) is 5.16 Å². The number of carbonyl (C=O) groups is 3. The molecule has 26 heavy (non-hydrogen) atoms. The molecule has 1 aromatic heterocycles. The second-order valence-electron chi connectivity index (χ2n) is 7.08. The monoisotopic (exact) mass is 363 g/mol. The van der Waals surface area contributed by atoms with Gasteiger partial charge in [0.15, 0.2) is 5.82 Å². The number of nitrogens with one attached hydrogen (secondary N) is 2. The fourth-order valence-corrected chi connectivity index (χ4v) is 3.51. The summed E-state index contributed by atoms with van der Waals surface area (Å²) in [6, 6.07) is 1.70. The van der Waals surface area contributed by atoms with Crippen LogP contribution in [-0.2, 0) is 14.4 Å². The summed E-state index contributed by atoms with van der Waals surface area (Å²) in [6.07, 6.45) is 0.952. The Bertz CT molecular complexity index is 680. The van der Waals surface area contributed by atoms with Gasteiger partial charge in [-0.2, -0.15) is 0 Å². The van der Waals surface area contributed by atoms with Crippen LogP contribution in [0.4, 0.5) is 5.82 Å². The first kappa shape index (κ1) is 18.4. The first-order valence-electron chi connectivity index (χ1n) is 8.94. The number of anilines is 1. The van der Waals surface area contributed by atoms with Crippen LogP contribution in [0.15, 0.2) is 10.6 Å². The molecule has 0 spiro atoms. The lowest BCUT2D eigenvalue weighted by Gasteiger charge is -2.37. The van der Waals surface area contributed by atoms with Crippen molar-refractivity contribution in [1.29, 1.82) is 0 Å². The first-order valence-corrected chi connectivity index (χ1v) is 8.94. The first-order chi connectivity index (χ1) is 12.4. The van der Waals surface area contributed by atoms with E-state index >= 15 is 0 Å². The van der Waals surface area contributed by atoms with Crippen LogP contribution < -0.4 is 10.6 Å². The molecule has 1 aromatic rings. The number of rotatable bonds is 4. The maximum absolute atomic E-state index is 12.6. The van der Waals surface area contributed by atoms with Crippen LogP contribution >= 0.6 is 0 Å². The number of hydrogen-bond donors (Lipinski definition) is 2. The minimum Gasteiger partial charge on any atom is -0.360 e. The predicted molar refractivity (Wildman–Crippen MR) is 93.2 cm³/mol. The van der Waals surface area contributed by atoms with Crippen molar-refractivity contribution in [3.05, 3.63) is 11.8 Å². The van der Waals surface area contributed by atoms with Crippen molar-refractivity contribution in [2.24, 2.45) is 5.92 Å². The lowest BCUT2D eigenvalue weighted by atomic mass is 9.91. The summed E-state index contributed by atoms with van der Waals surface area (Å²) < 4.78 is 4.92. The fourth-order valence-electron chi connectivity index (χ4n) is 3.51. The fraction of sp³-hybridized carbons (Fsp3) is 0.647. The molecular formula is C17H25N5O4. The third-order valence-electron chi connectivity index (χ3n) is 4.77. The van der Waals surface area contributed by atoms with E-state index in [4.69, 9.17) is 4.52 Å². The Kier molecular flexibility index (Phi) is 5.55. The second-order valence-corrected chi connectivity index (χ2v) is 7.08. The normalized spacial score (nSPS) is 24.2. The van der Waals surface area contributed by atoms with Crippen LogP contribution in [0.2, 0.25) is 0 Å². The van der Waals surface area contributed by atoms with Crippen molar-refractivity contribution in [3.8, 4) is 0 Å². The highest BCUT2D eigenvalue weighted by molar-refractivity contribution is 5.91. The van der Waals surface area contributed by atoms with Gasteiger partial charge < -0.3 is 20.1 Å². The van der Waals surface area contributed by atoms with Gasteiger partial charge in [0.25, 0.3) is 0 Å². The Morgan fingerprint density at radius 2 is 2.08 bits per heavy atom. The third kappa shape index (κ3) is 4.60. The van der Waals surface area contributed by atoms with Gasteiger partial charge in [0, 0.05) is 50.6 Å². The topological polar surface area (TPSA) is 108 Å². The van der Waals surface area contributed by atoms with Gasteiger partial charge in [-0.15, -0.1) is 0 Å². The van der Waals surface area contributed by atoms with Crippen LogP contribution in [0.3, 0.4) is 0 Å². The number of amides is 3. The molecule has 3 heterocycles. The largest absolute Gasteiger partial charge is 0.360 e. The molecule has 142 valence electrons. The molecule has 0 aromatic carbocycles. The van der Waals surface area contributed by atoms with E-state index in [0.717, 1.165) is 0 Å². The summed E-state index contributed by atoms with van der Waals surface area (Å²) in [5.74, 6) is 0.651. The van der Waals surface area contributed by atoms with Crippen LogP contribution in [0.25, 0.3) is 0 Å². The summed E-state index contributed by atoms with van der Waals surface area (Å²) in [5.41, 5.74) is 0. The van der Waals surface area contributed by atoms with Gasteiger partial charge in [0.1, 0.15) is 5.76 Å². The zero-order chi connectivity index (χ0) is 18.7. The molecule has 0 aliphatic carbocycles. The highest BCUT2D eigenvalue weighted by Gasteiger charge is 2.33. The number of hydrogen-bond acceptors (Lipinski definition) is 6. The Hall–Kier alpha value is -2.42. The minimum atomic E-state index is -0.232. The lowest BCUT2D eigenvalue weighted by Crippen LogP contribution is -2.53. The number of aromatic nitrogens is 1. The van der Waals surface area contributed by atoms with E-state index < -0.39 is 0 Å². The quantitative estimate of drug-likeness (QED) is 0.778. The zero-order valence-corrected chi connectivity index (χ0v) is 15.2. The van der Waals surface area contributed by atoms with Crippen molar-refractivity contribution in [3.63, 3.8) is 0 Å². The van der Waals surface area contributed by atoms with E-state index in [-0.39, 0.29) is 42.6 Å². The van der Waals surface area contributed by atoms with E-state index in [0.29, 0.717) is 44.2 Å². The molecule has 0 bridgehead atoms. The summed E-state index contributed by atoms with van der Waals surface area (Å²) >= 11 is 0. The van der Waals surface area contributed by atoms with Gasteiger partial charge in [0.2, 0.25) is 17.7 Å². The van der Waals surface area contributed by atoms with Crippen molar-refractivity contribution < 1.29 is 18.9 Å². The Morgan fingerprint density at radius 1 is 1.35 bits per heavy atom. The molecule has 2 aliphatic rings. The summed E-state index contributed by atoms with van der Waals surface area (Å²) in [7, 11) is 0. The molecule has 0 saturated carbocycles. The molecule has 0 unspecified atom stereocenters. The number of nitrogens with zero attached hydrogens (tertiary/aromatic N) is 3. The molecule has 2 aliphatic heterocycles. The van der Waals surface area contributed by atoms with Crippen LogP contribution in [0, 0.1) is 12.8 Å². The number of piperazine rings is 1. The van der Waals surface area contributed by atoms with E-state index in [1.807, 2.05) is 16.7 Å². The molecule has 0 radical (unpaired) electrons. The van der Waals surface area contributed by atoms with Gasteiger partial charge >= 0.3 is 0 Å². The van der Waals surface area contributed by atoms with Crippen molar-refractivity contribution in [2.45, 2.75) is 32.7 Å². The molecule has 3 rings (SSSR count). The summed E-state index contributed by atoms with van der Waals surface area (Å²) in [4.78, 5) is 40.2. The number of piperidine rings is 1. The molecule has 2 saturated heterocycles. The van der Waals surface area contributed by atoms with Crippen molar-refractivity contribution in [2.75, 3.05) is 38.0 Å². The van der Waals surface area contributed by atoms with Crippen LogP contribution in [0.1, 0.15) is 25.5 Å². The van der Waals surface area contributed by atoms with E-state index in [9.17, 15) is 14.4 Å². The molecule has 3 amide bonds. The molecular weight excluding hydrogens is 338 g/mol. The second kappa shape index (κ2) is 7.86. The highest BCUT2D eigenvalue weighted by atomic mass is 16.5. The SMILES string of the molecule is Cc1cc(NC(=O)CN2CCN(C(=O)[C@H]3CC(=O)N[C@@H](C)C3)CC2)no1. The lowest BCUT2D eigenvalue weighted by molar-refractivity contribution is -0.142. The molecule has 2 atom stereocenters. The van der Waals surface area contributed by atoms with E-state index in [1.165, 1.54) is 0 Å². The molecule has 9 heteroatoms. The number of aryl methyl sites for hydroxylation is 1. The Morgan fingerprint density at radius 3 is 2.69 bits per heavy atom. The van der Waals surface area contributed by atoms with E-state index in [2.05, 4.69) is 15.8 Å². The van der Waals surface area contributed by atoms with Gasteiger partial charge in [-0.3, -0.25) is 19.3 Å². The zero-order valence-electron chi connectivity index (χ0n) is 15.2. The van der Waals surface area contributed by atoms with E-state index in [1.54, 1.807) is 13.0 Å². The minimum absolute atomic E-state index is 0.0374. The van der Waals surface area contributed by atoms with Crippen molar-refractivity contribution in [1.82, 2.24) is 20.3 Å². The highest BCUT2D eigenvalue weighted by Crippen LogP contribution is 2.20. The summed E-state index contributed by atoms with van der Waals surface area (Å²) in [6.45, 7) is 6.33. The average molecular weight is 363 g/mol. The average Bonchev–Trinajstić information content (AvgIpc) is 2.98. The maximum Gasteiger partial charge on any atom is 0.239 e. The standard InChI is InChI=1S/C17H25N5O4/c1-11-7-13(9-15(23)18-11)17(25)22-5-3-21(4-6-22)10-16(24)19-14-8-12(2)26-20-14/h8,11,13H,3-7,9-10H2,1-2H3,(H,18,23)(H,19,20,24)/t11-,13+/m0/s1. The van der Waals surface area contributed by atoms with Crippen LogP contribution in [-0.4, -0.2) is 71.4 Å². The Balaban J connectivity index is 1.44. The third-order valence-corrected chi connectivity index (χ3v) is 4.77. The number of carbonyl (C=O) groups excluding carboxylic acids is 3. The van der Waals surface area contributed by atoms with Gasteiger partial charge in [-0.25, -0.2) is 0 Å². The van der Waals surface area contributed by atoms with Gasteiger partial charge in [-0.05, 0) is 20.3 Å². The summed E-state index contributed by atoms with van der Waals surface area (Å²) in [5, 5.41) is 9.28. The molecule has 2 N–H and O–H groups in total. The Labute approximate surface area is 152 Å². The smallest absolute Gasteiger partial charge is 0.239 e. The molecule has 9 nitrogen and oxygen atoms in total. The predicted octanol–water partition coefficient (Wildman–Crippen LogP) is -0.0196. The van der Waals surface area contributed by atoms with Crippen LogP contribution in [0.5, 0.6) is 0 Å². The maximum atomic E-state index is 12.6. The van der Waals surface area contributed by atoms with Crippen molar-refractivity contribution >= 4 is 23.5 Å². The van der Waals surface area contributed by atoms with Gasteiger partial charge in [0.05, 0.1) is 6.54 Å². The molecule has 2 fully saturated rings.